The fourth-order valence-corrected chi connectivity index (χ4v) is 2.61. The fraction of sp³-hybridized carbons (Fsp3) is 0.143. The Hall–Kier alpha value is -1.52. The quantitative estimate of drug-likeness (QED) is 0.622. The van der Waals surface area contributed by atoms with Crippen molar-refractivity contribution in [2.45, 2.75) is 4.90 Å². The molecule has 0 fully saturated rings. The lowest BCUT2D eigenvalue weighted by atomic mass is 10.2. The van der Waals surface area contributed by atoms with E-state index in [0.717, 1.165) is 4.90 Å². The number of benzene rings is 1. The molecule has 0 N–H and O–H groups in total. The summed E-state index contributed by atoms with van der Waals surface area (Å²) < 4.78 is 5.12. The van der Waals surface area contributed by atoms with E-state index < -0.39 is 0 Å². The van der Waals surface area contributed by atoms with Crippen molar-refractivity contribution in [2.75, 3.05) is 12.9 Å². The molecule has 0 aliphatic carbocycles. The van der Waals surface area contributed by atoms with Gasteiger partial charge in [0.25, 0.3) is 0 Å². The molecular weight excluding hydrogens is 282 g/mol. The van der Waals surface area contributed by atoms with Gasteiger partial charge in [0.05, 0.1) is 12.9 Å². The molecule has 0 atom stereocenters. The maximum atomic E-state index is 12.1. The Morgan fingerprint density at radius 1 is 1.37 bits per heavy atom. The topological polar surface area (TPSA) is 39.2 Å². The lowest BCUT2D eigenvalue weighted by molar-refractivity contribution is 0.101. The van der Waals surface area contributed by atoms with Crippen LogP contribution in [-0.2, 0) is 0 Å². The first-order valence-corrected chi connectivity index (χ1v) is 6.97. The highest BCUT2D eigenvalue weighted by Gasteiger charge is 2.13. The normalized spacial score (nSPS) is 10.2. The van der Waals surface area contributed by atoms with Crippen LogP contribution in [0.1, 0.15) is 10.5 Å². The van der Waals surface area contributed by atoms with Crippen LogP contribution in [0.2, 0.25) is 5.02 Å². The number of carbonyl (C=O) groups excluding carboxylic acids is 1. The molecule has 1 aromatic carbocycles. The highest BCUT2D eigenvalue weighted by atomic mass is 35.5. The summed E-state index contributed by atoms with van der Waals surface area (Å²) in [5.74, 6) is 0.731. The van der Waals surface area contributed by atoms with E-state index in [9.17, 15) is 4.79 Å². The lowest BCUT2D eigenvalue weighted by Gasteiger charge is -2.06. The number of nitrogens with zero attached hydrogens (tertiary/aromatic N) is 1. The maximum absolute atomic E-state index is 12.1. The molecule has 2 aromatic rings. The molecule has 0 amide bonds. The number of ether oxygens (including phenoxy) is 1. The number of carbonyl (C=O) groups is 1. The average Bonchev–Trinajstić information content (AvgIpc) is 2.45. The molecule has 1 heterocycles. The first-order chi connectivity index (χ1) is 9.20. The number of pyridine rings is 1. The minimum absolute atomic E-state index is 0.0672. The third kappa shape index (κ3) is 3.72. The van der Waals surface area contributed by atoms with E-state index in [-0.39, 0.29) is 5.78 Å². The Morgan fingerprint density at radius 3 is 2.95 bits per heavy atom. The molecule has 0 unspecified atom stereocenters. The van der Waals surface area contributed by atoms with Crippen molar-refractivity contribution in [1.82, 2.24) is 4.98 Å². The fourth-order valence-electron chi connectivity index (χ4n) is 1.54. The van der Waals surface area contributed by atoms with Crippen molar-refractivity contribution < 1.29 is 9.53 Å². The number of ketones is 1. The number of halogens is 1. The molecular formula is C14H12ClNO2S. The van der Waals surface area contributed by atoms with Crippen molar-refractivity contribution >= 4 is 29.1 Å². The zero-order chi connectivity index (χ0) is 13.7. The van der Waals surface area contributed by atoms with E-state index in [0.29, 0.717) is 22.2 Å². The molecule has 19 heavy (non-hydrogen) atoms. The molecule has 0 aliphatic heterocycles. The van der Waals surface area contributed by atoms with Gasteiger partial charge in [0.1, 0.15) is 11.4 Å². The zero-order valence-electron chi connectivity index (χ0n) is 10.3. The SMILES string of the molecule is COc1cccnc1C(=O)CSc1cccc(Cl)c1. The van der Waals surface area contributed by atoms with E-state index in [1.807, 2.05) is 18.2 Å². The number of methoxy groups -OCH3 is 1. The predicted molar refractivity (Wildman–Crippen MR) is 77.3 cm³/mol. The Kier molecular flexibility index (Phi) is 4.82. The van der Waals surface area contributed by atoms with Crippen molar-refractivity contribution in [1.29, 1.82) is 0 Å². The zero-order valence-corrected chi connectivity index (χ0v) is 11.9. The van der Waals surface area contributed by atoms with E-state index in [1.165, 1.54) is 18.9 Å². The number of hydrogen-bond acceptors (Lipinski definition) is 4. The second kappa shape index (κ2) is 6.59. The van der Waals surface area contributed by atoms with E-state index >= 15 is 0 Å². The number of aromatic nitrogens is 1. The molecule has 0 saturated carbocycles. The average molecular weight is 294 g/mol. The van der Waals surface area contributed by atoms with Gasteiger partial charge in [-0.05, 0) is 30.3 Å². The van der Waals surface area contributed by atoms with Gasteiger partial charge in [0.15, 0.2) is 5.78 Å². The van der Waals surface area contributed by atoms with Gasteiger partial charge >= 0.3 is 0 Å². The molecule has 2 rings (SSSR count). The molecule has 0 saturated heterocycles. The van der Waals surface area contributed by atoms with Gasteiger partial charge in [-0.25, -0.2) is 4.98 Å². The summed E-state index contributed by atoms with van der Waals surface area (Å²) in [6, 6.07) is 10.9. The van der Waals surface area contributed by atoms with E-state index in [1.54, 1.807) is 24.4 Å². The van der Waals surface area contributed by atoms with Gasteiger partial charge in [0, 0.05) is 16.1 Å². The summed E-state index contributed by atoms with van der Waals surface area (Å²) >= 11 is 7.32. The predicted octanol–water partition coefficient (Wildman–Crippen LogP) is 3.72. The van der Waals surface area contributed by atoms with Crippen LogP contribution in [0.5, 0.6) is 5.75 Å². The van der Waals surface area contributed by atoms with Crippen molar-refractivity contribution in [2.24, 2.45) is 0 Å². The second-order valence-electron chi connectivity index (χ2n) is 3.72. The van der Waals surface area contributed by atoms with Gasteiger partial charge < -0.3 is 4.74 Å². The number of Topliss-reactive ketones (excluding diaryl/α,β-unsaturated/α-hetero) is 1. The largest absolute Gasteiger partial charge is 0.494 e. The van der Waals surface area contributed by atoms with Crippen molar-refractivity contribution in [3.8, 4) is 5.75 Å². The van der Waals surface area contributed by atoms with Crippen LogP contribution >= 0.6 is 23.4 Å². The first-order valence-electron chi connectivity index (χ1n) is 5.61. The van der Waals surface area contributed by atoms with Gasteiger partial charge in [-0.3, -0.25) is 4.79 Å². The lowest BCUT2D eigenvalue weighted by Crippen LogP contribution is -2.07. The van der Waals surface area contributed by atoms with Crippen LogP contribution in [-0.4, -0.2) is 23.6 Å². The number of hydrogen-bond donors (Lipinski definition) is 0. The maximum Gasteiger partial charge on any atom is 0.195 e. The molecule has 0 spiro atoms. The van der Waals surface area contributed by atoms with Crippen LogP contribution in [0.25, 0.3) is 0 Å². The molecule has 1 aromatic heterocycles. The molecule has 3 nitrogen and oxygen atoms in total. The van der Waals surface area contributed by atoms with Crippen LogP contribution in [0, 0.1) is 0 Å². The van der Waals surface area contributed by atoms with Gasteiger partial charge in [-0.15, -0.1) is 11.8 Å². The van der Waals surface area contributed by atoms with Crippen LogP contribution in [0.3, 0.4) is 0 Å². The van der Waals surface area contributed by atoms with E-state index in [2.05, 4.69) is 4.98 Å². The minimum atomic E-state index is -0.0672. The molecule has 98 valence electrons. The molecule has 0 aliphatic rings. The van der Waals surface area contributed by atoms with Crippen LogP contribution in [0.4, 0.5) is 0 Å². The minimum Gasteiger partial charge on any atom is -0.494 e. The van der Waals surface area contributed by atoms with Gasteiger partial charge in [0.2, 0.25) is 0 Å². The Bertz CT molecular complexity index is 589. The van der Waals surface area contributed by atoms with Gasteiger partial charge in [-0.1, -0.05) is 17.7 Å². The smallest absolute Gasteiger partial charge is 0.195 e. The van der Waals surface area contributed by atoms with Crippen LogP contribution in [0.15, 0.2) is 47.5 Å². The van der Waals surface area contributed by atoms with Gasteiger partial charge in [-0.2, -0.15) is 0 Å². The third-order valence-electron chi connectivity index (χ3n) is 2.42. The second-order valence-corrected chi connectivity index (χ2v) is 5.21. The van der Waals surface area contributed by atoms with Crippen molar-refractivity contribution in [3.63, 3.8) is 0 Å². The Balaban J connectivity index is 2.05. The summed E-state index contributed by atoms with van der Waals surface area (Å²) in [5.41, 5.74) is 0.361. The Morgan fingerprint density at radius 2 is 2.21 bits per heavy atom. The first kappa shape index (κ1) is 13.9. The van der Waals surface area contributed by atoms with E-state index in [4.69, 9.17) is 16.3 Å². The Labute approximate surface area is 121 Å². The summed E-state index contributed by atoms with van der Waals surface area (Å²) in [6.45, 7) is 0. The molecule has 0 radical (unpaired) electrons. The van der Waals surface area contributed by atoms with Crippen LogP contribution < -0.4 is 4.74 Å². The summed E-state index contributed by atoms with van der Waals surface area (Å²) in [5, 5.41) is 0.660. The summed E-state index contributed by atoms with van der Waals surface area (Å²) in [7, 11) is 1.53. The molecule has 5 heteroatoms. The highest BCUT2D eigenvalue weighted by Crippen LogP contribution is 2.24. The number of rotatable bonds is 5. The standard InChI is InChI=1S/C14H12ClNO2S/c1-18-13-6-3-7-16-14(13)12(17)9-19-11-5-2-4-10(15)8-11/h2-8H,9H2,1H3. The molecule has 0 bridgehead atoms. The summed E-state index contributed by atoms with van der Waals surface area (Å²) in [6.07, 6.45) is 1.58. The summed E-state index contributed by atoms with van der Waals surface area (Å²) in [4.78, 5) is 17.1. The highest BCUT2D eigenvalue weighted by molar-refractivity contribution is 8.00. The number of thioether (sulfide) groups is 1. The monoisotopic (exact) mass is 293 g/mol. The third-order valence-corrected chi connectivity index (χ3v) is 3.65. The van der Waals surface area contributed by atoms with Crippen molar-refractivity contribution in [3.05, 3.63) is 53.3 Å².